The summed E-state index contributed by atoms with van der Waals surface area (Å²) in [7, 11) is 0. The summed E-state index contributed by atoms with van der Waals surface area (Å²) in [5.41, 5.74) is 0.769. The minimum atomic E-state index is -0.0923. The van der Waals surface area contributed by atoms with E-state index in [0.717, 1.165) is 51.5 Å². The number of nitrogens with one attached hydrogen (secondary N) is 1. The van der Waals surface area contributed by atoms with E-state index in [2.05, 4.69) is 15.1 Å². The van der Waals surface area contributed by atoms with Crippen LogP contribution in [0.2, 0.25) is 0 Å². The topological polar surface area (TPSA) is 18.5 Å². The van der Waals surface area contributed by atoms with Crippen LogP contribution in [-0.4, -0.2) is 50.7 Å². The smallest absolute Gasteiger partial charge is 0.146 e. The molecule has 0 saturated carbocycles. The van der Waals surface area contributed by atoms with Gasteiger partial charge in [0.25, 0.3) is 0 Å². The van der Waals surface area contributed by atoms with Crippen LogP contribution < -0.4 is 10.2 Å². The average molecular weight is 263 g/mol. The Labute approximate surface area is 114 Å². The van der Waals surface area contributed by atoms with Crippen molar-refractivity contribution >= 4 is 5.69 Å². The van der Waals surface area contributed by atoms with Gasteiger partial charge < -0.3 is 15.1 Å². The van der Waals surface area contributed by atoms with E-state index >= 15 is 0 Å². The van der Waals surface area contributed by atoms with Gasteiger partial charge in [-0.15, -0.1) is 0 Å². The van der Waals surface area contributed by atoms with Crippen molar-refractivity contribution in [3.8, 4) is 0 Å². The molecule has 104 valence electrons. The highest BCUT2D eigenvalue weighted by Crippen LogP contribution is 2.26. The first kappa shape index (κ1) is 12.9. The fourth-order valence-corrected chi connectivity index (χ4v) is 3.17. The Morgan fingerprint density at radius 1 is 1.16 bits per heavy atom. The Bertz CT molecular complexity index is 418. The number of anilines is 1. The van der Waals surface area contributed by atoms with E-state index < -0.39 is 0 Å². The van der Waals surface area contributed by atoms with Crippen LogP contribution in [0.4, 0.5) is 10.1 Å². The first-order valence-corrected chi connectivity index (χ1v) is 7.25. The molecule has 1 atom stereocenters. The number of nitrogens with zero attached hydrogens (tertiary/aromatic N) is 2. The molecule has 0 aromatic heterocycles. The van der Waals surface area contributed by atoms with Crippen molar-refractivity contribution in [2.45, 2.75) is 6.42 Å². The number of halogens is 1. The molecule has 2 saturated heterocycles. The summed E-state index contributed by atoms with van der Waals surface area (Å²) in [5, 5.41) is 3.38. The van der Waals surface area contributed by atoms with Gasteiger partial charge in [0, 0.05) is 45.8 Å². The molecule has 0 spiro atoms. The highest BCUT2D eigenvalue weighted by atomic mass is 19.1. The fourth-order valence-electron chi connectivity index (χ4n) is 3.17. The van der Waals surface area contributed by atoms with Crippen LogP contribution in [0.25, 0.3) is 0 Å². The Hall–Kier alpha value is -1.13. The zero-order chi connectivity index (χ0) is 13.1. The van der Waals surface area contributed by atoms with Crippen molar-refractivity contribution in [2.75, 3.05) is 50.7 Å². The fraction of sp³-hybridized carbons (Fsp3) is 0.600. The van der Waals surface area contributed by atoms with Gasteiger partial charge >= 0.3 is 0 Å². The van der Waals surface area contributed by atoms with E-state index in [1.54, 1.807) is 12.1 Å². The molecule has 2 aliphatic rings. The quantitative estimate of drug-likeness (QED) is 0.893. The molecule has 1 aromatic rings. The number of piperazine rings is 1. The Balaban J connectivity index is 1.56. The van der Waals surface area contributed by atoms with Crippen LogP contribution in [0, 0.1) is 11.7 Å². The van der Waals surface area contributed by atoms with Crippen molar-refractivity contribution in [2.24, 2.45) is 5.92 Å². The van der Waals surface area contributed by atoms with E-state index in [0.29, 0.717) is 5.92 Å². The van der Waals surface area contributed by atoms with Crippen molar-refractivity contribution in [1.29, 1.82) is 0 Å². The summed E-state index contributed by atoms with van der Waals surface area (Å²) in [6.07, 6.45) is 1.18. The molecule has 2 heterocycles. The van der Waals surface area contributed by atoms with Crippen LogP contribution in [0.1, 0.15) is 6.42 Å². The Kier molecular flexibility index (Phi) is 3.99. The van der Waals surface area contributed by atoms with E-state index in [1.807, 2.05) is 12.1 Å². The average Bonchev–Trinajstić information content (AvgIpc) is 2.89. The highest BCUT2D eigenvalue weighted by molar-refractivity contribution is 5.48. The van der Waals surface area contributed by atoms with Crippen molar-refractivity contribution in [3.63, 3.8) is 0 Å². The molecule has 0 amide bonds. The lowest BCUT2D eigenvalue weighted by molar-refractivity contribution is 0.212. The first-order valence-electron chi connectivity index (χ1n) is 7.25. The number of hydrogen-bond donors (Lipinski definition) is 1. The first-order chi connectivity index (χ1) is 9.33. The number of para-hydroxylation sites is 1. The maximum absolute atomic E-state index is 13.8. The van der Waals surface area contributed by atoms with Crippen LogP contribution >= 0.6 is 0 Å². The van der Waals surface area contributed by atoms with Crippen molar-refractivity contribution in [3.05, 3.63) is 30.1 Å². The van der Waals surface area contributed by atoms with Gasteiger partial charge in [-0.05, 0) is 24.5 Å². The minimum Gasteiger partial charge on any atom is -0.369 e. The van der Waals surface area contributed by atoms with E-state index in [-0.39, 0.29) is 5.82 Å². The maximum atomic E-state index is 13.8. The van der Waals surface area contributed by atoms with Gasteiger partial charge in [0.15, 0.2) is 0 Å². The molecule has 1 N–H and O–H groups in total. The predicted octanol–water partition coefficient (Wildman–Crippen LogP) is 1.56. The lowest BCUT2D eigenvalue weighted by Gasteiger charge is -2.29. The molecule has 1 unspecified atom stereocenters. The van der Waals surface area contributed by atoms with Gasteiger partial charge in [-0.2, -0.15) is 0 Å². The monoisotopic (exact) mass is 263 g/mol. The zero-order valence-corrected chi connectivity index (χ0v) is 11.3. The molecule has 19 heavy (non-hydrogen) atoms. The molecule has 2 aliphatic heterocycles. The second-order valence-corrected chi connectivity index (χ2v) is 5.60. The van der Waals surface area contributed by atoms with E-state index in [4.69, 9.17) is 0 Å². The van der Waals surface area contributed by atoms with E-state index in [1.165, 1.54) is 6.42 Å². The Morgan fingerprint density at radius 2 is 1.95 bits per heavy atom. The molecule has 2 fully saturated rings. The maximum Gasteiger partial charge on any atom is 0.146 e. The van der Waals surface area contributed by atoms with Gasteiger partial charge in [-0.1, -0.05) is 12.1 Å². The van der Waals surface area contributed by atoms with E-state index in [9.17, 15) is 4.39 Å². The van der Waals surface area contributed by atoms with Gasteiger partial charge in [-0.25, -0.2) is 4.39 Å². The van der Waals surface area contributed by atoms with Crippen LogP contribution in [0.15, 0.2) is 24.3 Å². The number of hydrogen-bond acceptors (Lipinski definition) is 3. The summed E-state index contributed by atoms with van der Waals surface area (Å²) in [4.78, 5) is 4.73. The van der Waals surface area contributed by atoms with Crippen LogP contribution in [0.3, 0.4) is 0 Å². The summed E-state index contributed by atoms with van der Waals surface area (Å²) in [6, 6.07) is 7.12. The van der Waals surface area contributed by atoms with Crippen molar-refractivity contribution in [1.82, 2.24) is 10.2 Å². The summed E-state index contributed by atoms with van der Waals surface area (Å²) in [5.74, 6) is 0.586. The van der Waals surface area contributed by atoms with Crippen LogP contribution in [0.5, 0.6) is 0 Å². The summed E-state index contributed by atoms with van der Waals surface area (Å²) in [6.45, 7) is 7.63. The second-order valence-electron chi connectivity index (χ2n) is 5.60. The normalized spacial score (nSPS) is 24.9. The summed E-state index contributed by atoms with van der Waals surface area (Å²) >= 11 is 0. The third kappa shape index (κ3) is 3.07. The summed E-state index contributed by atoms with van der Waals surface area (Å²) < 4.78 is 13.8. The van der Waals surface area contributed by atoms with Gasteiger partial charge in [0.1, 0.15) is 5.82 Å². The predicted molar refractivity (Wildman–Crippen MR) is 76.0 cm³/mol. The third-order valence-electron chi connectivity index (χ3n) is 4.21. The molecule has 1 aromatic carbocycles. The van der Waals surface area contributed by atoms with Crippen LogP contribution in [-0.2, 0) is 0 Å². The van der Waals surface area contributed by atoms with Gasteiger partial charge in [-0.3, -0.25) is 0 Å². The molecule has 0 aliphatic carbocycles. The minimum absolute atomic E-state index is 0.0923. The zero-order valence-electron chi connectivity index (χ0n) is 11.3. The largest absolute Gasteiger partial charge is 0.369 e. The SMILES string of the molecule is Fc1ccccc1N1CCC(CN2CCNCC2)C1. The molecular formula is C15H22FN3. The number of benzene rings is 1. The Morgan fingerprint density at radius 3 is 2.74 bits per heavy atom. The molecule has 3 nitrogen and oxygen atoms in total. The standard InChI is InChI=1S/C15H22FN3/c16-14-3-1-2-4-15(14)19-8-5-13(12-19)11-18-9-6-17-7-10-18/h1-4,13,17H,5-12H2. The molecular weight excluding hydrogens is 241 g/mol. The molecule has 3 rings (SSSR count). The highest BCUT2D eigenvalue weighted by Gasteiger charge is 2.26. The lowest BCUT2D eigenvalue weighted by Crippen LogP contribution is -2.45. The third-order valence-corrected chi connectivity index (χ3v) is 4.21. The molecule has 4 heteroatoms. The molecule has 0 radical (unpaired) electrons. The molecule has 0 bridgehead atoms. The van der Waals surface area contributed by atoms with Gasteiger partial charge in [0.2, 0.25) is 0 Å². The second kappa shape index (κ2) is 5.88. The number of rotatable bonds is 3. The lowest BCUT2D eigenvalue weighted by atomic mass is 10.1. The van der Waals surface area contributed by atoms with Gasteiger partial charge in [0.05, 0.1) is 5.69 Å². The van der Waals surface area contributed by atoms with Crippen molar-refractivity contribution < 1.29 is 4.39 Å².